The number of amides is 3. The number of imide groups is 1. The van der Waals surface area contributed by atoms with Crippen LogP contribution in [0.2, 0.25) is 0 Å². The van der Waals surface area contributed by atoms with Crippen molar-refractivity contribution in [3.8, 4) is 0 Å². The van der Waals surface area contributed by atoms with E-state index in [2.05, 4.69) is 5.32 Å². The number of unbranched alkanes of at least 4 members (excludes halogenated alkanes) is 1. The molecule has 0 bridgehead atoms. The van der Waals surface area contributed by atoms with Crippen LogP contribution in [0, 0.1) is 13.8 Å². The van der Waals surface area contributed by atoms with Crippen LogP contribution in [0.5, 0.6) is 0 Å². The number of nitrogens with zero attached hydrogens (tertiary/aromatic N) is 1. The maximum Gasteiger partial charge on any atom is 0.325 e. The lowest BCUT2D eigenvalue weighted by Gasteiger charge is -2.24. The molecule has 2 rings (SSSR count). The van der Waals surface area contributed by atoms with E-state index in [1.807, 2.05) is 32.0 Å². The van der Waals surface area contributed by atoms with Gasteiger partial charge in [-0.3, -0.25) is 14.5 Å². The highest BCUT2D eigenvalue weighted by molar-refractivity contribution is 6.07. The Hall–Kier alpha value is -2.37. The molecule has 1 fully saturated rings. The lowest BCUT2D eigenvalue weighted by atomic mass is 9.87. The van der Waals surface area contributed by atoms with Gasteiger partial charge < -0.3 is 10.4 Å². The molecule has 0 aliphatic carbocycles. The van der Waals surface area contributed by atoms with E-state index in [0.29, 0.717) is 12.8 Å². The molecule has 2 N–H and O–H groups in total. The lowest BCUT2D eigenvalue weighted by molar-refractivity contribution is -0.137. The predicted octanol–water partition coefficient (Wildman–Crippen LogP) is 2.33. The Morgan fingerprint density at radius 1 is 1.26 bits per heavy atom. The smallest absolute Gasteiger partial charge is 0.325 e. The van der Waals surface area contributed by atoms with Crippen LogP contribution in [0.3, 0.4) is 0 Å². The third-order valence-electron chi connectivity index (χ3n) is 4.22. The summed E-state index contributed by atoms with van der Waals surface area (Å²) in [5.41, 5.74) is 1.77. The predicted molar refractivity (Wildman–Crippen MR) is 85.0 cm³/mol. The number of hydrogen-bond donors (Lipinski definition) is 2. The number of rotatable bonds is 6. The number of nitrogens with one attached hydrogen (secondary N) is 1. The first-order valence-electron chi connectivity index (χ1n) is 7.69. The fourth-order valence-electron chi connectivity index (χ4n) is 3.00. The van der Waals surface area contributed by atoms with Gasteiger partial charge in [-0.15, -0.1) is 0 Å². The summed E-state index contributed by atoms with van der Waals surface area (Å²) in [6, 6.07) is 5.35. The topological polar surface area (TPSA) is 86.7 Å². The van der Waals surface area contributed by atoms with Gasteiger partial charge in [0.2, 0.25) is 0 Å². The van der Waals surface area contributed by atoms with Crippen LogP contribution in [-0.2, 0) is 15.1 Å². The highest BCUT2D eigenvalue weighted by Gasteiger charge is 2.49. The first-order chi connectivity index (χ1) is 10.8. The molecule has 0 aromatic heterocycles. The molecule has 1 saturated heterocycles. The quantitative estimate of drug-likeness (QED) is 0.622. The summed E-state index contributed by atoms with van der Waals surface area (Å²) in [4.78, 5) is 36.6. The Balaban J connectivity index is 2.14. The van der Waals surface area contributed by atoms with Crippen LogP contribution in [0.4, 0.5) is 4.79 Å². The summed E-state index contributed by atoms with van der Waals surface area (Å²) in [7, 11) is 0. The molecular formula is C17H22N2O4. The molecule has 1 aromatic rings. The maximum absolute atomic E-state index is 12.7. The Morgan fingerprint density at radius 2 is 1.96 bits per heavy atom. The second-order valence-corrected chi connectivity index (χ2v) is 6.18. The van der Waals surface area contributed by atoms with Crippen molar-refractivity contribution < 1.29 is 19.5 Å². The third-order valence-corrected chi connectivity index (χ3v) is 4.22. The van der Waals surface area contributed by atoms with Gasteiger partial charge in [-0.25, -0.2) is 4.79 Å². The molecule has 6 nitrogen and oxygen atoms in total. The fourth-order valence-corrected chi connectivity index (χ4v) is 3.00. The number of carbonyl (C=O) groups excluding carboxylic acids is 2. The molecule has 1 atom stereocenters. The van der Waals surface area contributed by atoms with Gasteiger partial charge in [0.05, 0.1) is 0 Å². The molecule has 0 radical (unpaired) electrons. The number of carboxylic acids is 1. The van der Waals surface area contributed by atoms with Gasteiger partial charge in [-0.05, 0) is 44.7 Å². The Morgan fingerprint density at radius 3 is 2.57 bits per heavy atom. The highest BCUT2D eigenvalue weighted by Crippen LogP contribution is 2.31. The largest absolute Gasteiger partial charge is 0.481 e. The van der Waals surface area contributed by atoms with E-state index in [1.165, 1.54) is 4.90 Å². The number of urea groups is 1. The van der Waals surface area contributed by atoms with E-state index in [1.54, 1.807) is 6.92 Å². The van der Waals surface area contributed by atoms with Gasteiger partial charge >= 0.3 is 12.0 Å². The maximum atomic E-state index is 12.7. The Bertz CT molecular complexity index is 656. The van der Waals surface area contributed by atoms with Crippen LogP contribution in [0.15, 0.2) is 18.2 Å². The van der Waals surface area contributed by atoms with Gasteiger partial charge in [0.1, 0.15) is 5.54 Å². The average Bonchev–Trinajstić information content (AvgIpc) is 2.66. The molecule has 1 heterocycles. The average molecular weight is 318 g/mol. The van der Waals surface area contributed by atoms with E-state index >= 15 is 0 Å². The second kappa shape index (κ2) is 6.40. The molecule has 1 unspecified atom stereocenters. The molecule has 0 spiro atoms. The number of hydrogen-bond acceptors (Lipinski definition) is 3. The van der Waals surface area contributed by atoms with Gasteiger partial charge in [0.15, 0.2) is 0 Å². The van der Waals surface area contributed by atoms with Crippen LogP contribution >= 0.6 is 0 Å². The number of benzene rings is 1. The SMILES string of the molecule is Cc1ccc(C2(C)NC(=O)N(CCCCC(=O)O)C2=O)c(C)c1. The van der Waals surface area contributed by atoms with Crippen LogP contribution < -0.4 is 5.32 Å². The zero-order valence-corrected chi connectivity index (χ0v) is 13.7. The summed E-state index contributed by atoms with van der Waals surface area (Å²) in [6.07, 6.45) is 0.957. The molecule has 1 aromatic carbocycles. The Labute approximate surface area is 135 Å². The summed E-state index contributed by atoms with van der Waals surface area (Å²) in [6.45, 7) is 5.84. The molecular weight excluding hydrogens is 296 g/mol. The first kappa shape index (κ1) is 17.0. The van der Waals surface area contributed by atoms with Crippen molar-refractivity contribution in [2.24, 2.45) is 0 Å². The molecule has 0 saturated carbocycles. The second-order valence-electron chi connectivity index (χ2n) is 6.18. The van der Waals surface area contributed by atoms with Gasteiger partial charge in [0.25, 0.3) is 5.91 Å². The molecule has 124 valence electrons. The van der Waals surface area contributed by atoms with Crippen LogP contribution in [0.25, 0.3) is 0 Å². The van der Waals surface area contributed by atoms with Crippen molar-refractivity contribution >= 4 is 17.9 Å². The minimum Gasteiger partial charge on any atom is -0.481 e. The van der Waals surface area contributed by atoms with Gasteiger partial charge in [0, 0.05) is 13.0 Å². The van der Waals surface area contributed by atoms with E-state index in [0.717, 1.165) is 16.7 Å². The molecule has 6 heteroatoms. The lowest BCUT2D eigenvalue weighted by Crippen LogP contribution is -2.41. The van der Waals surface area contributed by atoms with Crippen molar-refractivity contribution in [1.82, 2.24) is 10.2 Å². The zero-order valence-electron chi connectivity index (χ0n) is 13.7. The first-order valence-corrected chi connectivity index (χ1v) is 7.69. The van der Waals surface area contributed by atoms with E-state index in [-0.39, 0.29) is 18.9 Å². The van der Waals surface area contributed by atoms with Crippen molar-refractivity contribution in [3.05, 3.63) is 34.9 Å². The molecule has 1 aliphatic rings. The Kier molecular flexibility index (Phi) is 4.73. The number of aliphatic carboxylic acids is 1. The normalized spacial score (nSPS) is 20.7. The van der Waals surface area contributed by atoms with E-state index in [9.17, 15) is 14.4 Å². The van der Waals surface area contributed by atoms with Gasteiger partial charge in [-0.1, -0.05) is 23.8 Å². The number of carboxylic acid groups (broad SMARTS) is 1. The minimum absolute atomic E-state index is 0.0397. The molecule has 3 amide bonds. The standard InChI is InChI=1S/C17H22N2O4/c1-11-7-8-13(12(2)10-11)17(3)15(22)19(16(23)18-17)9-5-4-6-14(20)21/h7-8,10H,4-6,9H2,1-3H3,(H,18,23)(H,20,21). The van der Waals surface area contributed by atoms with Crippen LogP contribution in [0.1, 0.15) is 42.9 Å². The van der Waals surface area contributed by atoms with Crippen molar-refractivity contribution in [2.75, 3.05) is 6.54 Å². The summed E-state index contributed by atoms with van der Waals surface area (Å²) in [5.74, 6) is -1.16. The van der Waals surface area contributed by atoms with Crippen molar-refractivity contribution in [3.63, 3.8) is 0 Å². The van der Waals surface area contributed by atoms with Crippen molar-refractivity contribution in [1.29, 1.82) is 0 Å². The van der Waals surface area contributed by atoms with Crippen LogP contribution in [-0.4, -0.2) is 34.5 Å². The molecule has 1 aliphatic heterocycles. The van der Waals surface area contributed by atoms with Gasteiger partial charge in [-0.2, -0.15) is 0 Å². The van der Waals surface area contributed by atoms with E-state index < -0.39 is 17.5 Å². The summed E-state index contributed by atoms with van der Waals surface area (Å²) < 4.78 is 0. The van der Waals surface area contributed by atoms with E-state index in [4.69, 9.17) is 5.11 Å². The zero-order chi connectivity index (χ0) is 17.2. The third kappa shape index (κ3) is 3.36. The monoisotopic (exact) mass is 318 g/mol. The number of carbonyl (C=O) groups is 3. The fraction of sp³-hybridized carbons (Fsp3) is 0.471. The number of aryl methyl sites for hydroxylation is 2. The molecule has 23 heavy (non-hydrogen) atoms. The highest BCUT2D eigenvalue weighted by atomic mass is 16.4. The summed E-state index contributed by atoms with van der Waals surface area (Å²) in [5, 5.41) is 11.4. The summed E-state index contributed by atoms with van der Waals surface area (Å²) >= 11 is 0. The van der Waals surface area contributed by atoms with Crippen molar-refractivity contribution in [2.45, 2.75) is 45.6 Å². The minimum atomic E-state index is -1.07.